The minimum absolute atomic E-state index is 0.337. The van der Waals surface area contributed by atoms with Crippen molar-refractivity contribution in [2.75, 3.05) is 38.1 Å². The van der Waals surface area contributed by atoms with Gasteiger partial charge in [0.2, 0.25) is 0 Å². The lowest BCUT2D eigenvalue weighted by molar-refractivity contribution is -0.109. The highest BCUT2D eigenvalue weighted by Gasteiger charge is 2.18. The number of hydrogen-bond acceptors (Lipinski definition) is 5. The van der Waals surface area contributed by atoms with E-state index in [2.05, 4.69) is 9.88 Å². The topological polar surface area (TPSA) is 56.7 Å². The third-order valence-electron chi connectivity index (χ3n) is 3.03. The minimum atomic E-state index is -0.799. The van der Waals surface area contributed by atoms with Gasteiger partial charge in [0.15, 0.2) is 0 Å². The van der Waals surface area contributed by atoms with E-state index in [4.69, 9.17) is 0 Å². The Balaban J connectivity index is 0.00000211. The van der Waals surface area contributed by atoms with Crippen molar-refractivity contribution in [1.29, 1.82) is 0 Å². The molecule has 1 N–H and O–H groups in total. The van der Waals surface area contributed by atoms with Crippen molar-refractivity contribution >= 4 is 12.0 Å². The fraction of sp³-hybridized carbons (Fsp3) is 0.647. The van der Waals surface area contributed by atoms with E-state index in [0.29, 0.717) is 19.6 Å². The Hall–Kier alpha value is -1.46. The molecule has 1 rings (SSSR count). The predicted octanol–water partition coefficient (Wildman–Crippen LogP) is 2.12. The molecule has 0 spiro atoms. The third-order valence-corrected chi connectivity index (χ3v) is 3.03. The molecule has 0 aliphatic rings. The van der Waals surface area contributed by atoms with E-state index >= 15 is 0 Å². The normalized spacial score (nSPS) is 10.9. The van der Waals surface area contributed by atoms with Gasteiger partial charge in [-0.3, -0.25) is 9.88 Å². The zero-order chi connectivity index (χ0) is 17.2. The molecule has 0 saturated carbocycles. The van der Waals surface area contributed by atoms with Crippen LogP contribution in [0, 0.1) is 6.92 Å². The number of pyridine rings is 1. The Labute approximate surface area is 135 Å². The highest BCUT2D eigenvalue weighted by atomic mass is 16.3. The van der Waals surface area contributed by atoms with Crippen LogP contribution >= 0.6 is 0 Å². The molecule has 0 fully saturated rings. The summed E-state index contributed by atoms with van der Waals surface area (Å²) in [6.07, 6.45) is 2.72. The number of carbonyl (C=O) groups is 1. The highest BCUT2D eigenvalue weighted by Crippen LogP contribution is 2.11. The van der Waals surface area contributed by atoms with Crippen LogP contribution in [0.15, 0.2) is 18.3 Å². The van der Waals surface area contributed by atoms with Crippen molar-refractivity contribution in [3.8, 4) is 0 Å². The Morgan fingerprint density at radius 3 is 2.36 bits per heavy atom. The molecule has 0 saturated heterocycles. The molecule has 0 bridgehead atoms. The lowest BCUT2D eigenvalue weighted by atomic mass is 10.1. The lowest BCUT2D eigenvalue weighted by Crippen LogP contribution is -2.43. The van der Waals surface area contributed by atoms with Crippen LogP contribution in [-0.4, -0.2) is 60.1 Å². The van der Waals surface area contributed by atoms with Crippen LogP contribution in [0.5, 0.6) is 0 Å². The van der Waals surface area contributed by atoms with Crippen LogP contribution in [-0.2, 0) is 4.79 Å². The third kappa shape index (κ3) is 8.74. The van der Waals surface area contributed by atoms with E-state index in [0.717, 1.165) is 24.2 Å². The van der Waals surface area contributed by atoms with Crippen molar-refractivity contribution in [2.45, 2.75) is 40.2 Å². The number of hydrogen-bond donors (Lipinski definition) is 1. The number of aldehydes is 1. The summed E-state index contributed by atoms with van der Waals surface area (Å²) in [7, 11) is 2.00. The van der Waals surface area contributed by atoms with E-state index in [1.165, 1.54) is 0 Å². The Kier molecular flexibility index (Phi) is 9.61. The molecule has 0 aromatic carbocycles. The number of anilines is 1. The molecular formula is C17H31N3O2. The van der Waals surface area contributed by atoms with E-state index < -0.39 is 5.60 Å². The molecule has 1 aromatic heterocycles. The Bertz CT molecular complexity index is 413. The first-order valence-corrected chi connectivity index (χ1v) is 7.84. The molecule has 0 amide bonds. The second kappa shape index (κ2) is 10.3. The molecule has 1 aromatic rings. The monoisotopic (exact) mass is 309 g/mol. The van der Waals surface area contributed by atoms with Crippen molar-refractivity contribution in [3.63, 3.8) is 0 Å². The Morgan fingerprint density at radius 2 is 1.91 bits per heavy atom. The number of carbonyl (C=O) groups excluding carboxylic acids is 1. The predicted molar refractivity (Wildman–Crippen MR) is 92.4 cm³/mol. The summed E-state index contributed by atoms with van der Waals surface area (Å²) >= 11 is 0. The van der Waals surface area contributed by atoms with E-state index in [1.807, 2.05) is 51.0 Å². The average molecular weight is 309 g/mol. The maximum Gasteiger partial charge on any atom is 0.133 e. The lowest BCUT2D eigenvalue weighted by Gasteiger charge is -2.29. The minimum Gasteiger partial charge on any atom is -0.389 e. The zero-order valence-electron chi connectivity index (χ0n) is 14.8. The standard InChI is InChI=1S/C15H25N3O2.C2H6/c1-13-5-6-14(11-16-13)17(4)7-8-18(9-10-19)12-15(2,3)20;1-2/h5-6,10-11,20H,7-9,12H2,1-4H3;1-2H3. The van der Waals surface area contributed by atoms with Crippen LogP contribution in [0.2, 0.25) is 0 Å². The molecule has 126 valence electrons. The van der Waals surface area contributed by atoms with Gasteiger partial charge in [-0.25, -0.2) is 0 Å². The van der Waals surface area contributed by atoms with E-state index in [-0.39, 0.29) is 0 Å². The van der Waals surface area contributed by atoms with Crippen molar-refractivity contribution in [1.82, 2.24) is 9.88 Å². The number of nitrogens with zero attached hydrogens (tertiary/aromatic N) is 3. The quantitative estimate of drug-likeness (QED) is 0.746. The molecule has 0 unspecified atom stereocenters. The molecule has 5 heteroatoms. The van der Waals surface area contributed by atoms with Gasteiger partial charge >= 0.3 is 0 Å². The fourth-order valence-electron chi connectivity index (χ4n) is 1.99. The van der Waals surface area contributed by atoms with Gasteiger partial charge in [-0.15, -0.1) is 0 Å². The van der Waals surface area contributed by atoms with Crippen molar-refractivity contribution in [3.05, 3.63) is 24.0 Å². The molecule has 0 aliphatic carbocycles. The van der Waals surface area contributed by atoms with Crippen LogP contribution in [0.3, 0.4) is 0 Å². The first kappa shape index (κ1) is 20.5. The molecular weight excluding hydrogens is 278 g/mol. The second-order valence-corrected chi connectivity index (χ2v) is 5.79. The maximum absolute atomic E-state index is 10.7. The number of rotatable bonds is 8. The van der Waals surface area contributed by atoms with Gasteiger partial charge in [0.1, 0.15) is 6.29 Å². The van der Waals surface area contributed by atoms with Crippen LogP contribution < -0.4 is 4.90 Å². The summed E-state index contributed by atoms with van der Waals surface area (Å²) in [5.41, 5.74) is 1.24. The SMILES string of the molecule is CC.Cc1ccc(N(C)CCN(CC=O)CC(C)(C)O)cn1. The van der Waals surface area contributed by atoms with E-state index in [1.54, 1.807) is 13.8 Å². The first-order valence-electron chi connectivity index (χ1n) is 7.84. The number of likely N-dealkylation sites (N-methyl/N-ethyl adjacent to an activating group) is 1. The van der Waals surface area contributed by atoms with Gasteiger partial charge in [-0.2, -0.15) is 0 Å². The van der Waals surface area contributed by atoms with Gasteiger partial charge in [0, 0.05) is 32.4 Å². The zero-order valence-corrected chi connectivity index (χ0v) is 14.8. The second-order valence-electron chi connectivity index (χ2n) is 5.79. The maximum atomic E-state index is 10.7. The summed E-state index contributed by atoms with van der Waals surface area (Å²) < 4.78 is 0. The highest BCUT2D eigenvalue weighted by molar-refractivity contribution is 5.52. The van der Waals surface area contributed by atoms with Crippen molar-refractivity contribution in [2.24, 2.45) is 0 Å². The molecule has 1 heterocycles. The number of aryl methyl sites for hydroxylation is 1. The van der Waals surface area contributed by atoms with Crippen LogP contribution in [0.4, 0.5) is 5.69 Å². The fourth-order valence-corrected chi connectivity index (χ4v) is 1.99. The largest absolute Gasteiger partial charge is 0.389 e. The van der Waals surface area contributed by atoms with Gasteiger partial charge in [0.05, 0.1) is 24.0 Å². The molecule has 0 atom stereocenters. The van der Waals surface area contributed by atoms with Gasteiger partial charge in [-0.05, 0) is 32.9 Å². The number of aromatic nitrogens is 1. The van der Waals surface area contributed by atoms with Crippen molar-refractivity contribution < 1.29 is 9.90 Å². The van der Waals surface area contributed by atoms with Crippen LogP contribution in [0.25, 0.3) is 0 Å². The first-order chi connectivity index (χ1) is 10.3. The summed E-state index contributed by atoms with van der Waals surface area (Å²) in [4.78, 5) is 19.0. The molecule has 0 aliphatic heterocycles. The molecule has 0 radical (unpaired) electrons. The van der Waals surface area contributed by atoms with Gasteiger partial charge in [-0.1, -0.05) is 13.8 Å². The summed E-state index contributed by atoms with van der Waals surface area (Å²) in [5.74, 6) is 0. The Morgan fingerprint density at radius 1 is 1.27 bits per heavy atom. The van der Waals surface area contributed by atoms with Crippen LogP contribution in [0.1, 0.15) is 33.4 Å². The molecule has 5 nitrogen and oxygen atoms in total. The van der Waals surface area contributed by atoms with Gasteiger partial charge < -0.3 is 14.8 Å². The summed E-state index contributed by atoms with van der Waals surface area (Å²) in [5, 5.41) is 9.85. The smallest absolute Gasteiger partial charge is 0.133 e. The van der Waals surface area contributed by atoms with E-state index in [9.17, 15) is 9.90 Å². The summed E-state index contributed by atoms with van der Waals surface area (Å²) in [6.45, 7) is 11.8. The number of aliphatic hydroxyl groups is 1. The summed E-state index contributed by atoms with van der Waals surface area (Å²) in [6, 6.07) is 4.01. The average Bonchev–Trinajstić information content (AvgIpc) is 2.46. The van der Waals surface area contributed by atoms with Gasteiger partial charge in [0.25, 0.3) is 0 Å². The molecule has 22 heavy (non-hydrogen) atoms.